The van der Waals surface area contributed by atoms with Crippen LogP contribution in [0.1, 0.15) is 0 Å². The summed E-state index contributed by atoms with van der Waals surface area (Å²) in [6.45, 7) is 0. The van der Waals surface area contributed by atoms with E-state index in [0.717, 1.165) is 27.5 Å². The molecule has 0 radical (unpaired) electrons. The third kappa shape index (κ3) is 3.21. The number of methoxy groups -OCH3 is 1. The van der Waals surface area contributed by atoms with Gasteiger partial charge in [0.25, 0.3) is 0 Å². The van der Waals surface area contributed by atoms with Crippen LogP contribution in [0.5, 0.6) is 5.75 Å². The Kier molecular flexibility index (Phi) is 4.22. The maximum absolute atomic E-state index is 14.1. The third-order valence-electron chi connectivity index (χ3n) is 5.61. The fraction of sp³-hybridized carbons (Fsp3) is 0.0833. The number of fused-ring (bicyclic) bond motifs is 2. The van der Waals surface area contributed by atoms with Crippen LogP contribution in [0.15, 0.2) is 61.1 Å². The van der Waals surface area contributed by atoms with Crippen molar-refractivity contribution in [3.63, 3.8) is 0 Å². The lowest BCUT2D eigenvalue weighted by atomic mass is 10.1. The first kappa shape index (κ1) is 19.2. The predicted molar refractivity (Wildman–Crippen MR) is 123 cm³/mol. The van der Waals surface area contributed by atoms with Crippen LogP contribution in [0.3, 0.4) is 0 Å². The first-order chi connectivity index (χ1) is 16.1. The van der Waals surface area contributed by atoms with E-state index in [1.807, 2.05) is 37.6 Å². The Bertz CT molecular complexity index is 1650. The predicted octanol–water partition coefficient (Wildman–Crippen LogP) is 4.72. The number of rotatable bonds is 4. The molecule has 9 heteroatoms. The van der Waals surface area contributed by atoms with Crippen LogP contribution in [0, 0.1) is 5.82 Å². The van der Waals surface area contributed by atoms with E-state index in [9.17, 15) is 4.39 Å². The summed E-state index contributed by atoms with van der Waals surface area (Å²) in [4.78, 5) is 12.6. The van der Waals surface area contributed by atoms with Crippen molar-refractivity contribution in [3.05, 3.63) is 66.9 Å². The smallest absolute Gasteiger partial charge is 0.159 e. The maximum atomic E-state index is 14.1. The van der Waals surface area contributed by atoms with E-state index >= 15 is 0 Å². The van der Waals surface area contributed by atoms with Crippen molar-refractivity contribution in [2.24, 2.45) is 7.05 Å². The second-order valence-electron chi connectivity index (χ2n) is 7.76. The van der Waals surface area contributed by atoms with Gasteiger partial charge >= 0.3 is 0 Å². The van der Waals surface area contributed by atoms with E-state index in [0.29, 0.717) is 34.0 Å². The molecule has 0 atom stereocenters. The van der Waals surface area contributed by atoms with E-state index in [1.165, 1.54) is 19.2 Å². The van der Waals surface area contributed by atoms with Crippen molar-refractivity contribution < 1.29 is 9.13 Å². The van der Waals surface area contributed by atoms with Crippen LogP contribution >= 0.6 is 0 Å². The minimum atomic E-state index is -0.403. The zero-order valence-electron chi connectivity index (χ0n) is 17.8. The normalized spacial score (nSPS) is 11.5. The van der Waals surface area contributed by atoms with Gasteiger partial charge in [-0.05, 0) is 35.9 Å². The number of halogens is 1. The van der Waals surface area contributed by atoms with Gasteiger partial charge in [0.15, 0.2) is 5.82 Å². The van der Waals surface area contributed by atoms with Gasteiger partial charge in [-0.3, -0.25) is 14.8 Å². The van der Waals surface area contributed by atoms with E-state index in [-0.39, 0.29) is 0 Å². The quantitative estimate of drug-likeness (QED) is 0.414. The summed E-state index contributed by atoms with van der Waals surface area (Å²) in [6, 6.07) is 12.4. The molecule has 0 aliphatic rings. The number of nitrogens with zero attached hydrogens (tertiary/aromatic N) is 5. The SMILES string of the molecule is COc1cc(F)cc(-c2nccc3[nH]c(-c4n[nH]c5ccc(-c6cnn(C)c6)cc45)nc23)c1. The first-order valence-corrected chi connectivity index (χ1v) is 10.3. The second-order valence-corrected chi connectivity index (χ2v) is 7.76. The number of H-pyrrole nitrogens is 2. The molecule has 0 saturated heterocycles. The zero-order chi connectivity index (χ0) is 22.5. The highest BCUT2D eigenvalue weighted by Crippen LogP contribution is 2.33. The fourth-order valence-corrected chi connectivity index (χ4v) is 4.02. The average Bonchev–Trinajstić information content (AvgIpc) is 3.55. The molecule has 8 nitrogen and oxygen atoms in total. The van der Waals surface area contributed by atoms with E-state index in [4.69, 9.17) is 9.72 Å². The Morgan fingerprint density at radius 3 is 2.70 bits per heavy atom. The number of aryl methyl sites for hydroxylation is 1. The molecule has 0 bridgehead atoms. The molecular weight excluding hydrogens is 421 g/mol. The molecule has 2 aromatic carbocycles. The van der Waals surface area contributed by atoms with E-state index in [2.05, 4.69) is 31.3 Å². The summed E-state index contributed by atoms with van der Waals surface area (Å²) >= 11 is 0. The molecule has 6 aromatic rings. The molecular formula is C24H18FN7O. The number of pyridine rings is 1. The highest BCUT2D eigenvalue weighted by atomic mass is 19.1. The molecule has 4 aromatic heterocycles. The number of aromatic amines is 2. The van der Waals surface area contributed by atoms with Crippen LogP contribution < -0.4 is 4.74 Å². The second kappa shape index (κ2) is 7.27. The molecule has 0 aliphatic heterocycles. The monoisotopic (exact) mass is 439 g/mol. The van der Waals surface area contributed by atoms with Gasteiger partial charge in [0, 0.05) is 42.0 Å². The lowest BCUT2D eigenvalue weighted by molar-refractivity contribution is 0.411. The first-order valence-electron chi connectivity index (χ1n) is 10.3. The topological polar surface area (TPSA) is 97.3 Å². The number of aromatic nitrogens is 7. The van der Waals surface area contributed by atoms with Crippen LogP contribution in [-0.4, -0.2) is 42.0 Å². The van der Waals surface area contributed by atoms with Gasteiger partial charge in [0.2, 0.25) is 0 Å². The molecule has 2 N–H and O–H groups in total. The van der Waals surface area contributed by atoms with Gasteiger partial charge in [-0.25, -0.2) is 9.37 Å². The highest BCUT2D eigenvalue weighted by Gasteiger charge is 2.17. The lowest BCUT2D eigenvalue weighted by Crippen LogP contribution is -1.90. The minimum Gasteiger partial charge on any atom is -0.497 e. The molecule has 0 fully saturated rings. The lowest BCUT2D eigenvalue weighted by Gasteiger charge is -2.05. The fourth-order valence-electron chi connectivity index (χ4n) is 4.02. The summed E-state index contributed by atoms with van der Waals surface area (Å²) in [5.74, 6) is 0.609. The van der Waals surface area contributed by atoms with Gasteiger partial charge in [0.1, 0.15) is 22.8 Å². The van der Waals surface area contributed by atoms with Gasteiger partial charge in [-0.2, -0.15) is 10.2 Å². The molecule has 0 saturated carbocycles. The molecule has 4 heterocycles. The van der Waals surface area contributed by atoms with E-state index in [1.54, 1.807) is 16.9 Å². The summed E-state index contributed by atoms with van der Waals surface area (Å²) in [5, 5.41) is 12.8. The summed E-state index contributed by atoms with van der Waals surface area (Å²) in [7, 11) is 3.39. The van der Waals surface area contributed by atoms with E-state index < -0.39 is 5.82 Å². The number of imidazole rings is 1. The molecule has 0 spiro atoms. The van der Waals surface area contributed by atoms with Crippen molar-refractivity contribution >= 4 is 21.9 Å². The van der Waals surface area contributed by atoms with Gasteiger partial charge < -0.3 is 9.72 Å². The van der Waals surface area contributed by atoms with Crippen molar-refractivity contribution in [1.82, 2.24) is 34.9 Å². The number of nitrogens with one attached hydrogen (secondary N) is 2. The van der Waals surface area contributed by atoms with Crippen molar-refractivity contribution in [2.75, 3.05) is 7.11 Å². The Labute approximate surface area is 187 Å². The summed E-state index contributed by atoms with van der Waals surface area (Å²) in [5.41, 5.74) is 6.18. The number of benzene rings is 2. The van der Waals surface area contributed by atoms with Crippen molar-refractivity contribution in [3.8, 4) is 39.7 Å². The largest absolute Gasteiger partial charge is 0.497 e. The Balaban J connectivity index is 1.50. The number of ether oxygens (including phenoxy) is 1. The third-order valence-corrected chi connectivity index (χ3v) is 5.61. The molecule has 162 valence electrons. The van der Waals surface area contributed by atoms with Crippen LogP contribution in [0.4, 0.5) is 4.39 Å². The Morgan fingerprint density at radius 1 is 0.970 bits per heavy atom. The van der Waals surface area contributed by atoms with Crippen molar-refractivity contribution in [2.45, 2.75) is 0 Å². The van der Waals surface area contributed by atoms with Gasteiger partial charge in [-0.1, -0.05) is 6.07 Å². The molecule has 0 unspecified atom stereocenters. The maximum Gasteiger partial charge on any atom is 0.159 e. The minimum absolute atomic E-state index is 0.403. The summed E-state index contributed by atoms with van der Waals surface area (Å²) in [6.07, 6.45) is 5.46. The molecule has 0 aliphatic carbocycles. The number of hydrogen-bond acceptors (Lipinski definition) is 5. The van der Waals surface area contributed by atoms with Gasteiger partial charge in [-0.15, -0.1) is 0 Å². The van der Waals surface area contributed by atoms with Gasteiger partial charge in [0.05, 0.1) is 30.0 Å². The standard InChI is InChI=1S/C24H18FN7O/c1-32-12-15(11-27-32)13-3-4-19-18(9-13)22(31-30-19)24-28-20-5-6-26-21(23(20)29-24)14-7-16(25)10-17(8-14)33-2/h3-12H,1-2H3,(H,28,29)(H,30,31). The number of hydrogen-bond donors (Lipinski definition) is 2. The van der Waals surface area contributed by atoms with Crippen LogP contribution in [0.25, 0.3) is 55.8 Å². The zero-order valence-corrected chi connectivity index (χ0v) is 17.8. The van der Waals surface area contributed by atoms with Crippen LogP contribution in [-0.2, 0) is 7.05 Å². The van der Waals surface area contributed by atoms with Crippen molar-refractivity contribution in [1.29, 1.82) is 0 Å². The van der Waals surface area contributed by atoms with Crippen LogP contribution in [0.2, 0.25) is 0 Å². The Morgan fingerprint density at radius 2 is 1.88 bits per heavy atom. The molecule has 0 amide bonds. The average molecular weight is 439 g/mol. The Hall–Kier alpha value is -4.53. The highest BCUT2D eigenvalue weighted by molar-refractivity contribution is 5.97. The molecule has 33 heavy (non-hydrogen) atoms. The summed E-state index contributed by atoms with van der Waals surface area (Å²) < 4.78 is 21.1. The molecule has 6 rings (SSSR count).